The standard InChI is InChI=1S/C23H30N4O2/c1-4-24-23(26-17-19-9-12-21(28-2)15-22(19)29-3)25-16-18-7-10-20(11-8-18)27-13-5-6-14-27/h5-12,15H,4,13-14,16-17H2,1-3H3,(H2,24,25,26). The van der Waals surface area contributed by atoms with E-state index in [0.717, 1.165) is 42.7 Å². The summed E-state index contributed by atoms with van der Waals surface area (Å²) in [6, 6.07) is 14.4. The Morgan fingerprint density at radius 2 is 1.76 bits per heavy atom. The molecule has 6 nitrogen and oxygen atoms in total. The van der Waals surface area contributed by atoms with Crippen molar-refractivity contribution in [2.24, 2.45) is 4.99 Å². The molecule has 2 aromatic carbocycles. The molecule has 29 heavy (non-hydrogen) atoms. The average molecular weight is 395 g/mol. The minimum absolute atomic E-state index is 0.611. The maximum atomic E-state index is 5.47. The molecule has 0 aromatic heterocycles. The molecule has 0 spiro atoms. The summed E-state index contributed by atoms with van der Waals surface area (Å²) >= 11 is 0. The minimum atomic E-state index is 0.611. The van der Waals surface area contributed by atoms with Crippen LogP contribution in [0.15, 0.2) is 59.6 Å². The molecule has 2 aromatic rings. The number of anilines is 1. The molecule has 154 valence electrons. The molecule has 0 bridgehead atoms. The van der Waals surface area contributed by atoms with Gasteiger partial charge in [0.15, 0.2) is 5.96 Å². The van der Waals surface area contributed by atoms with Crippen molar-refractivity contribution < 1.29 is 9.47 Å². The molecule has 1 heterocycles. The fourth-order valence-electron chi connectivity index (χ4n) is 3.19. The highest BCUT2D eigenvalue weighted by Gasteiger charge is 2.08. The first kappa shape index (κ1) is 20.6. The molecule has 0 saturated carbocycles. The zero-order valence-corrected chi connectivity index (χ0v) is 17.4. The van der Waals surface area contributed by atoms with Crippen molar-refractivity contribution in [1.82, 2.24) is 10.6 Å². The third kappa shape index (κ3) is 5.67. The summed E-state index contributed by atoms with van der Waals surface area (Å²) in [5.74, 6) is 2.34. The first-order chi connectivity index (χ1) is 14.2. The summed E-state index contributed by atoms with van der Waals surface area (Å²) < 4.78 is 10.7. The monoisotopic (exact) mass is 394 g/mol. The molecule has 0 unspecified atom stereocenters. The normalized spacial score (nSPS) is 13.5. The van der Waals surface area contributed by atoms with E-state index in [1.54, 1.807) is 14.2 Å². The van der Waals surface area contributed by atoms with E-state index in [2.05, 4.69) is 58.9 Å². The topological polar surface area (TPSA) is 58.1 Å². The van der Waals surface area contributed by atoms with Gasteiger partial charge in [-0.1, -0.05) is 24.3 Å². The summed E-state index contributed by atoms with van der Waals surface area (Å²) in [4.78, 5) is 7.05. The molecule has 0 atom stereocenters. The van der Waals surface area contributed by atoms with E-state index in [1.807, 2.05) is 18.2 Å². The summed E-state index contributed by atoms with van der Waals surface area (Å²) in [5, 5.41) is 6.67. The fourth-order valence-corrected chi connectivity index (χ4v) is 3.19. The molecule has 0 radical (unpaired) electrons. The molecule has 0 aliphatic carbocycles. The Bertz CT molecular complexity index is 838. The van der Waals surface area contributed by atoms with Gasteiger partial charge in [0.2, 0.25) is 0 Å². The van der Waals surface area contributed by atoms with Crippen molar-refractivity contribution in [3.63, 3.8) is 0 Å². The second-order valence-electron chi connectivity index (χ2n) is 6.77. The number of hydrogen-bond donors (Lipinski definition) is 2. The summed E-state index contributed by atoms with van der Waals surface area (Å²) in [6.07, 6.45) is 4.40. The van der Waals surface area contributed by atoms with E-state index < -0.39 is 0 Å². The number of ether oxygens (including phenoxy) is 2. The summed E-state index contributed by atoms with van der Waals surface area (Å²) in [6.45, 7) is 6.06. The van der Waals surface area contributed by atoms with E-state index in [-0.39, 0.29) is 0 Å². The lowest BCUT2D eigenvalue weighted by Gasteiger charge is -2.17. The average Bonchev–Trinajstić information content (AvgIpc) is 3.31. The Hall–Kier alpha value is -3.15. The Morgan fingerprint density at radius 3 is 2.41 bits per heavy atom. The maximum absolute atomic E-state index is 5.47. The van der Waals surface area contributed by atoms with Crippen LogP contribution in [-0.2, 0) is 13.1 Å². The fraction of sp³-hybridized carbons (Fsp3) is 0.348. The van der Waals surface area contributed by atoms with Crippen LogP contribution in [-0.4, -0.2) is 39.8 Å². The van der Waals surface area contributed by atoms with Crippen LogP contribution < -0.4 is 25.0 Å². The quantitative estimate of drug-likeness (QED) is 0.409. The first-order valence-electron chi connectivity index (χ1n) is 9.95. The molecular weight excluding hydrogens is 364 g/mol. The number of benzene rings is 2. The van der Waals surface area contributed by atoms with Crippen LogP contribution in [0.4, 0.5) is 5.69 Å². The van der Waals surface area contributed by atoms with Gasteiger partial charge in [0.25, 0.3) is 0 Å². The molecule has 2 N–H and O–H groups in total. The van der Waals surface area contributed by atoms with Crippen LogP contribution >= 0.6 is 0 Å². The summed E-state index contributed by atoms with van der Waals surface area (Å²) in [5.41, 5.74) is 3.47. The molecule has 6 heteroatoms. The van der Waals surface area contributed by atoms with Crippen LogP contribution in [0.2, 0.25) is 0 Å². The van der Waals surface area contributed by atoms with Crippen molar-refractivity contribution >= 4 is 11.6 Å². The van der Waals surface area contributed by atoms with Gasteiger partial charge in [0, 0.05) is 43.5 Å². The van der Waals surface area contributed by atoms with Gasteiger partial charge >= 0.3 is 0 Å². The smallest absolute Gasteiger partial charge is 0.191 e. The Labute approximate surface area is 173 Å². The lowest BCUT2D eigenvalue weighted by atomic mass is 10.2. The van der Waals surface area contributed by atoms with Gasteiger partial charge in [-0.3, -0.25) is 0 Å². The largest absolute Gasteiger partial charge is 0.497 e. The third-order valence-corrected chi connectivity index (χ3v) is 4.82. The number of guanidine groups is 1. The Balaban J connectivity index is 1.61. The van der Waals surface area contributed by atoms with Crippen molar-refractivity contribution in [2.75, 3.05) is 38.8 Å². The van der Waals surface area contributed by atoms with Gasteiger partial charge in [-0.2, -0.15) is 0 Å². The molecule has 1 aliphatic heterocycles. The van der Waals surface area contributed by atoms with E-state index in [9.17, 15) is 0 Å². The Morgan fingerprint density at radius 1 is 1.00 bits per heavy atom. The highest BCUT2D eigenvalue weighted by molar-refractivity contribution is 5.79. The predicted molar refractivity (Wildman–Crippen MR) is 119 cm³/mol. The zero-order valence-electron chi connectivity index (χ0n) is 17.4. The van der Waals surface area contributed by atoms with Gasteiger partial charge in [-0.25, -0.2) is 4.99 Å². The number of nitrogens with one attached hydrogen (secondary N) is 2. The van der Waals surface area contributed by atoms with Gasteiger partial charge in [-0.15, -0.1) is 0 Å². The second-order valence-corrected chi connectivity index (χ2v) is 6.77. The van der Waals surface area contributed by atoms with Gasteiger partial charge < -0.3 is 25.0 Å². The number of hydrogen-bond acceptors (Lipinski definition) is 4. The van der Waals surface area contributed by atoms with Crippen LogP contribution in [0.1, 0.15) is 18.1 Å². The zero-order chi connectivity index (χ0) is 20.5. The van der Waals surface area contributed by atoms with Crippen LogP contribution in [0.5, 0.6) is 11.5 Å². The van der Waals surface area contributed by atoms with Crippen molar-refractivity contribution in [1.29, 1.82) is 0 Å². The third-order valence-electron chi connectivity index (χ3n) is 4.82. The second kappa shape index (κ2) is 10.4. The van der Waals surface area contributed by atoms with Crippen LogP contribution in [0, 0.1) is 0 Å². The lowest BCUT2D eigenvalue weighted by molar-refractivity contribution is 0.390. The highest BCUT2D eigenvalue weighted by Crippen LogP contribution is 2.24. The van der Waals surface area contributed by atoms with Crippen LogP contribution in [0.3, 0.4) is 0 Å². The number of rotatable bonds is 8. The minimum Gasteiger partial charge on any atom is -0.497 e. The molecule has 0 amide bonds. The number of methoxy groups -OCH3 is 2. The van der Waals surface area contributed by atoms with E-state index in [1.165, 1.54) is 11.3 Å². The van der Waals surface area contributed by atoms with E-state index >= 15 is 0 Å². The molecule has 0 fully saturated rings. The van der Waals surface area contributed by atoms with Crippen molar-refractivity contribution in [3.8, 4) is 11.5 Å². The highest BCUT2D eigenvalue weighted by atomic mass is 16.5. The molecule has 0 saturated heterocycles. The SMILES string of the molecule is CCNC(=NCc1ccc(N2CC=CC2)cc1)NCc1ccc(OC)cc1OC. The Kier molecular flexibility index (Phi) is 7.39. The molecule has 3 rings (SSSR count). The van der Waals surface area contributed by atoms with Gasteiger partial charge in [0.05, 0.1) is 20.8 Å². The van der Waals surface area contributed by atoms with Crippen LogP contribution in [0.25, 0.3) is 0 Å². The van der Waals surface area contributed by atoms with E-state index in [0.29, 0.717) is 13.1 Å². The van der Waals surface area contributed by atoms with Crippen molar-refractivity contribution in [2.45, 2.75) is 20.0 Å². The van der Waals surface area contributed by atoms with Gasteiger partial charge in [0.1, 0.15) is 11.5 Å². The lowest BCUT2D eigenvalue weighted by Crippen LogP contribution is -2.36. The predicted octanol–water partition coefficient (Wildman–Crippen LogP) is 3.34. The molecular formula is C23H30N4O2. The maximum Gasteiger partial charge on any atom is 0.191 e. The van der Waals surface area contributed by atoms with E-state index in [4.69, 9.17) is 14.5 Å². The molecule has 1 aliphatic rings. The summed E-state index contributed by atoms with van der Waals surface area (Å²) in [7, 11) is 3.32. The first-order valence-corrected chi connectivity index (χ1v) is 9.95. The van der Waals surface area contributed by atoms with Gasteiger partial charge in [-0.05, 0) is 36.8 Å². The number of aliphatic imine (C=N–C) groups is 1. The van der Waals surface area contributed by atoms with Crippen molar-refractivity contribution in [3.05, 3.63) is 65.7 Å². The number of nitrogens with zero attached hydrogens (tertiary/aromatic N) is 2.